The summed E-state index contributed by atoms with van der Waals surface area (Å²) in [4.78, 5) is 58.9. The number of phenols is 1. The van der Waals surface area contributed by atoms with Gasteiger partial charge in [0.2, 0.25) is 23.6 Å². The molecule has 4 amide bonds. The highest BCUT2D eigenvalue weighted by molar-refractivity contribution is 5.96. The van der Waals surface area contributed by atoms with Crippen LogP contribution in [0.4, 0.5) is 0 Å². The Kier molecular flexibility index (Phi) is 12.0. The molecule has 4 rings (SSSR count). The predicted molar refractivity (Wildman–Crippen MR) is 180 cm³/mol. The molecule has 1 saturated heterocycles. The second kappa shape index (κ2) is 15.9. The number of amides is 4. The summed E-state index contributed by atoms with van der Waals surface area (Å²) in [6.07, 6.45) is 4.07. The Bertz CT molecular complexity index is 1440. The molecule has 1 fully saturated rings. The summed E-state index contributed by atoms with van der Waals surface area (Å²) in [6, 6.07) is 11.1. The first kappa shape index (κ1) is 35.5. The Balaban J connectivity index is 1.66. The molecule has 2 aliphatic rings. The average molecular weight is 648 g/mol. The van der Waals surface area contributed by atoms with Crippen LogP contribution in [0.25, 0.3) is 6.08 Å². The Labute approximate surface area is 277 Å². The number of ether oxygens (including phenoxy) is 1. The first-order valence-electron chi connectivity index (χ1n) is 16.5. The molecule has 4 N–H and O–H groups in total. The van der Waals surface area contributed by atoms with E-state index in [1.807, 2.05) is 77.0 Å². The van der Waals surface area contributed by atoms with Gasteiger partial charge in [-0.3, -0.25) is 24.1 Å². The number of hydrogen-bond acceptors (Lipinski definition) is 7. The standard InChI is InChI=1S/C36H49N5O6/c1-7-23(4)31-34(44)37-17-15-25-21-26(13-14-29(25)42)47-30-16-18-41(32(30)35(45)39-31)36(46)27(19-22(2)3)38-33(43)28(40(5)6)20-24-11-9-8-10-12-24/h8-15,17,21-23,27-28,30-32,42H,7,16,18-20H2,1-6H3,(H,37,44)(H,38,43)(H,39,45)/b17-15-. The topological polar surface area (TPSA) is 140 Å². The SMILES string of the molecule is CCC(C)C1NC(=O)C2C(CCN2C(=O)C(CC(C)C)NC(=O)C(Cc2ccccc2)N(C)C)Oc2ccc(O)c(c2)/C=C\NC1=O. The van der Waals surface area contributed by atoms with Crippen molar-refractivity contribution >= 4 is 29.7 Å². The summed E-state index contributed by atoms with van der Waals surface area (Å²) >= 11 is 0. The van der Waals surface area contributed by atoms with Gasteiger partial charge in [0.05, 0.1) is 6.04 Å². The van der Waals surface area contributed by atoms with E-state index in [2.05, 4.69) is 16.0 Å². The van der Waals surface area contributed by atoms with Gasteiger partial charge < -0.3 is 30.7 Å². The molecule has 6 atom stereocenters. The maximum absolute atomic E-state index is 14.4. The number of aromatic hydroxyl groups is 1. The van der Waals surface area contributed by atoms with E-state index in [0.717, 1.165) is 5.56 Å². The number of phenolic OH excluding ortho intramolecular Hbond substituents is 1. The lowest BCUT2D eigenvalue weighted by atomic mass is 9.97. The van der Waals surface area contributed by atoms with Gasteiger partial charge in [-0.25, -0.2) is 0 Å². The fraction of sp³-hybridized carbons (Fsp3) is 0.500. The highest BCUT2D eigenvalue weighted by Crippen LogP contribution is 2.30. The number of fused-ring (bicyclic) bond motifs is 3. The van der Waals surface area contributed by atoms with Crippen molar-refractivity contribution in [3.05, 3.63) is 65.9 Å². The van der Waals surface area contributed by atoms with Gasteiger partial charge in [-0.05, 0) is 68.6 Å². The van der Waals surface area contributed by atoms with Crippen LogP contribution in [0.15, 0.2) is 54.7 Å². The van der Waals surface area contributed by atoms with Crippen LogP contribution in [0.2, 0.25) is 0 Å². The summed E-state index contributed by atoms with van der Waals surface area (Å²) in [5.74, 6) is -1.30. The van der Waals surface area contributed by atoms with Crippen molar-refractivity contribution in [2.75, 3.05) is 20.6 Å². The quantitative estimate of drug-likeness (QED) is 0.311. The molecule has 2 aromatic carbocycles. The van der Waals surface area contributed by atoms with Gasteiger partial charge in [0, 0.05) is 24.7 Å². The van der Waals surface area contributed by atoms with Gasteiger partial charge >= 0.3 is 0 Å². The number of hydrogen-bond donors (Lipinski definition) is 4. The third kappa shape index (κ3) is 8.91. The van der Waals surface area contributed by atoms with Crippen LogP contribution in [0, 0.1) is 11.8 Å². The Morgan fingerprint density at radius 3 is 2.47 bits per heavy atom. The molecule has 2 bridgehead atoms. The zero-order chi connectivity index (χ0) is 34.2. The van der Waals surface area contributed by atoms with Crippen molar-refractivity contribution in [1.82, 2.24) is 25.8 Å². The predicted octanol–water partition coefficient (Wildman–Crippen LogP) is 3.08. The molecule has 0 aromatic heterocycles. The second-order valence-corrected chi connectivity index (χ2v) is 13.2. The first-order chi connectivity index (χ1) is 22.4. The van der Waals surface area contributed by atoms with Crippen molar-refractivity contribution in [2.45, 2.75) is 83.6 Å². The van der Waals surface area contributed by atoms with Crippen molar-refractivity contribution in [2.24, 2.45) is 11.8 Å². The molecular weight excluding hydrogens is 598 g/mol. The fourth-order valence-corrected chi connectivity index (χ4v) is 6.11. The first-order valence-corrected chi connectivity index (χ1v) is 16.5. The average Bonchev–Trinajstić information content (AvgIpc) is 3.45. The van der Waals surface area contributed by atoms with E-state index >= 15 is 0 Å². The Morgan fingerprint density at radius 1 is 1.09 bits per heavy atom. The van der Waals surface area contributed by atoms with E-state index < -0.39 is 42.1 Å². The van der Waals surface area contributed by atoms with Crippen LogP contribution in [0.1, 0.15) is 58.1 Å². The molecule has 0 radical (unpaired) electrons. The van der Waals surface area contributed by atoms with E-state index in [-0.39, 0.29) is 35.9 Å². The number of rotatable bonds is 10. The summed E-state index contributed by atoms with van der Waals surface area (Å²) in [7, 11) is 3.67. The van der Waals surface area contributed by atoms with Gasteiger partial charge in [0.25, 0.3) is 0 Å². The zero-order valence-electron chi connectivity index (χ0n) is 28.2. The number of carbonyl (C=O) groups is 4. The van der Waals surface area contributed by atoms with Crippen LogP contribution in [0.3, 0.4) is 0 Å². The molecule has 0 spiro atoms. The van der Waals surface area contributed by atoms with Gasteiger partial charge in [-0.15, -0.1) is 0 Å². The normalized spacial score (nSPS) is 22.4. The molecule has 47 heavy (non-hydrogen) atoms. The van der Waals surface area contributed by atoms with Crippen molar-refractivity contribution in [3.63, 3.8) is 0 Å². The van der Waals surface area contributed by atoms with E-state index in [9.17, 15) is 24.3 Å². The number of nitrogens with one attached hydrogen (secondary N) is 3. The molecular formula is C36H49N5O6. The van der Waals surface area contributed by atoms with E-state index in [4.69, 9.17) is 4.74 Å². The number of likely N-dealkylation sites (tertiary alicyclic amines) is 1. The lowest BCUT2D eigenvalue weighted by Crippen LogP contribution is -2.60. The third-order valence-corrected chi connectivity index (χ3v) is 8.98. The molecule has 6 unspecified atom stereocenters. The Hall–Kier alpha value is -4.38. The molecule has 254 valence electrons. The maximum atomic E-state index is 14.4. The van der Waals surface area contributed by atoms with Crippen LogP contribution in [0.5, 0.6) is 11.5 Å². The summed E-state index contributed by atoms with van der Waals surface area (Å²) < 4.78 is 6.33. The van der Waals surface area contributed by atoms with Gasteiger partial charge in [-0.1, -0.05) is 64.4 Å². The molecule has 11 heteroatoms. The highest BCUT2D eigenvalue weighted by Gasteiger charge is 2.46. The summed E-state index contributed by atoms with van der Waals surface area (Å²) in [6.45, 7) is 7.98. The minimum Gasteiger partial charge on any atom is -0.507 e. The minimum absolute atomic E-state index is 0.000682. The fourth-order valence-electron chi connectivity index (χ4n) is 6.11. The van der Waals surface area contributed by atoms with Gasteiger partial charge in [0.1, 0.15) is 35.7 Å². The molecule has 0 aliphatic carbocycles. The van der Waals surface area contributed by atoms with Crippen LogP contribution >= 0.6 is 0 Å². The van der Waals surface area contributed by atoms with Crippen molar-refractivity contribution in [3.8, 4) is 11.5 Å². The second-order valence-electron chi connectivity index (χ2n) is 13.2. The van der Waals surface area contributed by atoms with Crippen LogP contribution in [-0.4, -0.2) is 89.4 Å². The monoisotopic (exact) mass is 647 g/mol. The number of nitrogens with zero attached hydrogens (tertiary/aromatic N) is 2. The van der Waals surface area contributed by atoms with Crippen LogP contribution < -0.4 is 20.7 Å². The molecule has 2 aromatic rings. The third-order valence-electron chi connectivity index (χ3n) is 8.98. The Morgan fingerprint density at radius 2 is 1.81 bits per heavy atom. The minimum atomic E-state index is -1.06. The van der Waals surface area contributed by atoms with Crippen molar-refractivity contribution in [1.29, 1.82) is 0 Å². The number of benzene rings is 2. The maximum Gasteiger partial charge on any atom is 0.247 e. The molecule has 2 aliphatic heterocycles. The van der Waals surface area contributed by atoms with Crippen LogP contribution in [-0.2, 0) is 25.6 Å². The highest BCUT2D eigenvalue weighted by atomic mass is 16.5. The van der Waals surface area contributed by atoms with Gasteiger partial charge in [0.15, 0.2) is 0 Å². The number of likely N-dealkylation sites (N-methyl/N-ethyl adjacent to an activating group) is 1. The molecule has 2 heterocycles. The van der Waals surface area contributed by atoms with Crippen molar-refractivity contribution < 1.29 is 29.0 Å². The van der Waals surface area contributed by atoms with E-state index in [1.165, 1.54) is 17.2 Å². The lowest BCUT2D eigenvalue weighted by Gasteiger charge is -2.33. The smallest absolute Gasteiger partial charge is 0.247 e. The van der Waals surface area contributed by atoms with E-state index in [1.54, 1.807) is 18.2 Å². The number of carbonyl (C=O) groups excluding carboxylic acids is 4. The lowest BCUT2D eigenvalue weighted by molar-refractivity contribution is -0.144. The summed E-state index contributed by atoms with van der Waals surface area (Å²) in [5.41, 5.74) is 1.43. The molecule has 11 nitrogen and oxygen atoms in total. The largest absolute Gasteiger partial charge is 0.507 e. The van der Waals surface area contributed by atoms with E-state index in [0.29, 0.717) is 37.0 Å². The zero-order valence-corrected chi connectivity index (χ0v) is 28.2. The molecule has 0 saturated carbocycles. The summed E-state index contributed by atoms with van der Waals surface area (Å²) in [5, 5.41) is 19.1. The van der Waals surface area contributed by atoms with Gasteiger partial charge in [-0.2, -0.15) is 0 Å².